The fraction of sp³-hybridized carbons (Fsp3) is 0.297. The molecule has 0 saturated carbocycles. The molecule has 0 spiro atoms. The van der Waals surface area contributed by atoms with Crippen molar-refractivity contribution in [3.05, 3.63) is 95.1 Å². The summed E-state index contributed by atoms with van der Waals surface area (Å²) in [5.41, 5.74) is 10.2. The van der Waals surface area contributed by atoms with Crippen molar-refractivity contribution in [3.63, 3.8) is 0 Å². The first kappa shape index (κ1) is 33.9. The van der Waals surface area contributed by atoms with Crippen LogP contribution < -0.4 is 25.8 Å². The molecular formula is C37H38N6O7. The summed E-state index contributed by atoms with van der Waals surface area (Å²) in [6.45, 7) is 1.40. The molecule has 3 heterocycles. The van der Waals surface area contributed by atoms with E-state index in [1.54, 1.807) is 48.5 Å². The molecule has 6 rings (SSSR count). The Labute approximate surface area is 288 Å². The minimum Gasteiger partial charge on any atom is -0.507 e. The highest BCUT2D eigenvalue weighted by Gasteiger charge is 2.40. The number of fused-ring (bicyclic) bond motifs is 1. The largest absolute Gasteiger partial charge is 0.507 e. The van der Waals surface area contributed by atoms with Crippen molar-refractivity contribution in [2.45, 2.75) is 57.7 Å². The van der Waals surface area contributed by atoms with Gasteiger partial charge in [0.05, 0.1) is 19.8 Å². The van der Waals surface area contributed by atoms with Crippen LogP contribution in [0.3, 0.4) is 0 Å². The number of phenolic OH excluding ortho intramolecular Hbond substituents is 1. The van der Waals surface area contributed by atoms with E-state index in [0.717, 1.165) is 16.7 Å². The van der Waals surface area contributed by atoms with E-state index in [1.807, 2.05) is 24.3 Å². The first-order chi connectivity index (χ1) is 24.3. The molecule has 2 aliphatic rings. The second kappa shape index (κ2) is 15.5. The number of imide groups is 1. The Morgan fingerprint density at radius 3 is 2.48 bits per heavy atom. The third-order valence-electron chi connectivity index (χ3n) is 8.72. The zero-order valence-electron chi connectivity index (χ0n) is 27.4. The second-order valence-electron chi connectivity index (χ2n) is 12.2. The van der Waals surface area contributed by atoms with Gasteiger partial charge in [-0.1, -0.05) is 42.5 Å². The number of aromatic nitrogens is 2. The Kier molecular flexibility index (Phi) is 10.5. The van der Waals surface area contributed by atoms with Crippen LogP contribution in [-0.4, -0.2) is 63.1 Å². The number of piperidine rings is 1. The molecule has 2 aliphatic heterocycles. The predicted molar refractivity (Wildman–Crippen MR) is 183 cm³/mol. The molecule has 0 radical (unpaired) electrons. The van der Waals surface area contributed by atoms with Crippen molar-refractivity contribution in [1.82, 2.24) is 25.7 Å². The molecule has 4 aromatic rings. The predicted octanol–water partition coefficient (Wildman–Crippen LogP) is 3.68. The van der Waals surface area contributed by atoms with Crippen LogP contribution in [0.1, 0.15) is 59.2 Å². The topological polar surface area (TPSA) is 186 Å². The highest BCUT2D eigenvalue weighted by molar-refractivity contribution is 6.05. The second-order valence-corrected chi connectivity index (χ2v) is 12.2. The Balaban J connectivity index is 0.888. The number of unbranched alkanes of at least 4 members (excludes halogenated alkanes) is 1. The van der Waals surface area contributed by atoms with Gasteiger partial charge in [-0.2, -0.15) is 0 Å². The molecule has 0 aliphatic carbocycles. The number of hydrogen-bond acceptors (Lipinski definition) is 10. The number of nitrogens with two attached hydrogens (primary N) is 1. The average Bonchev–Trinajstić information content (AvgIpc) is 3.45. The van der Waals surface area contributed by atoms with Gasteiger partial charge in [0.1, 0.15) is 23.2 Å². The van der Waals surface area contributed by atoms with E-state index in [4.69, 9.17) is 15.2 Å². The molecule has 1 atom stereocenters. The van der Waals surface area contributed by atoms with Gasteiger partial charge in [0, 0.05) is 48.6 Å². The van der Waals surface area contributed by atoms with Gasteiger partial charge in [-0.3, -0.25) is 24.5 Å². The Morgan fingerprint density at radius 2 is 1.68 bits per heavy atom. The van der Waals surface area contributed by atoms with E-state index >= 15 is 0 Å². The summed E-state index contributed by atoms with van der Waals surface area (Å²) >= 11 is 0. The number of para-hydroxylation sites is 1. The van der Waals surface area contributed by atoms with Gasteiger partial charge < -0.3 is 30.5 Å². The van der Waals surface area contributed by atoms with Crippen molar-refractivity contribution in [1.29, 1.82) is 0 Å². The lowest BCUT2D eigenvalue weighted by molar-refractivity contribution is -0.137. The molecule has 3 aromatic carbocycles. The number of benzene rings is 3. The third kappa shape index (κ3) is 8.00. The number of anilines is 1. The van der Waals surface area contributed by atoms with Gasteiger partial charge in [-0.25, -0.2) is 0 Å². The maximum atomic E-state index is 13.0. The van der Waals surface area contributed by atoms with Crippen LogP contribution in [-0.2, 0) is 33.9 Å². The van der Waals surface area contributed by atoms with Crippen molar-refractivity contribution in [2.24, 2.45) is 0 Å². The van der Waals surface area contributed by atoms with Crippen LogP contribution >= 0.6 is 0 Å². The number of nitrogens with zero attached hydrogens (tertiary/aromatic N) is 3. The van der Waals surface area contributed by atoms with E-state index in [9.17, 15) is 24.3 Å². The number of ether oxygens (including phenoxy) is 2. The van der Waals surface area contributed by atoms with Crippen LogP contribution in [0.15, 0.2) is 72.8 Å². The molecule has 1 unspecified atom stereocenters. The molecule has 0 bridgehead atoms. The summed E-state index contributed by atoms with van der Waals surface area (Å²) < 4.78 is 11.9. The minimum absolute atomic E-state index is 0.0553. The zero-order chi connectivity index (χ0) is 35.0. The molecule has 50 heavy (non-hydrogen) atoms. The number of carbonyl (C=O) groups is 4. The smallest absolute Gasteiger partial charge is 0.255 e. The van der Waals surface area contributed by atoms with Crippen LogP contribution in [0.4, 0.5) is 5.82 Å². The number of rotatable bonds is 14. The van der Waals surface area contributed by atoms with E-state index in [-0.39, 0.29) is 42.3 Å². The summed E-state index contributed by atoms with van der Waals surface area (Å²) in [6, 6.07) is 21.0. The lowest BCUT2D eigenvalue weighted by Gasteiger charge is -2.29. The number of aromatic hydroxyl groups is 1. The Bertz CT molecular complexity index is 1900. The summed E-state index contributed by atoms with van der Waals surface area (Å²) in [5, 5.41) is 23.4. The van der Waals surface area contributed by atoms with Crippen molar-refractivity contribution in [2.75, 3.05) is 18.9 Å². The number of hydrogen-bond donors (Lipinski definition) is 4. The van der Waals surface area contributed by atoms with Crippen LogP contribution in [0.25, 0.3) is 11.3 Å². The van der Waals surface area contributed by atoms with Crippen molar-refractivity contribution >= 4 is 29.4 Å². The van der Waals surface area contributed by atoms with Crippen molar-refractivity contribution in [3.8, 4) is 28.5 Å². The van der Waals surface area contributed by atoms with Crippen LogP contribution in [0.2, 0.25) is 0 Å². The first-order valence-electron chi connectivity index (χ1n) is 16.5. The number of carbonyl (C=O) groups excluding carboxylic acids is 4. The fourth-order valence-corrected chi connectivity index (χ4v) is 5.98. The number of phenols is 1. The number of amides is 4. The van der Waals surface area contributed by atoms with Gasteiger partial charge in [0.2, 0.25) is 17.7 Å². The van der Waals surface area contributed by atoms with Gasteiger partial charge in [0.15, 0.2) is 11.6 Å². The van der Waals surface area contributed by atoms with E-state index < -0.39 is 11.9 Å². The normalized spacial score (nSPS) is 15.4. The van der Waals surface area contributed by atoms with E-state index in [1.165, 1.54) is 4.90 Å². The summed E-state index contributed by atoms with van der Waals surface area (Å²) in [5.74, 6) is 0.162. The molecule has 13 heteroatoms. The number of nitrogen functional groups attached to an aromatic ring is 1. The standard InChI is InChI=1S/C37H38N6O7/c38-35-32(20-28(41-42-35)26-6-1-2-8-30(26)44)50-19-17-23-11-13-24(14-12-23)21-39-33(45)10-3-4-18-49-31-9-5-7-25-27(31)22-43(37(25)48)29-15-16-34(46)40-36(29)47/h1-2,5-9,11-14,20,29,44H,3-4,10,15-19,21-22H2,(H2,38,42)(H,39,45)(H,40,46,47). The molecule has 1 fully saturated rings. The average molecular weight is 679 g/mol. The van der Waals surface area contributed by atoms with Gasteiger partial charge in [0.25, 0.3) is 5.91 Å². The molecule has 13 nitrogen and oxygen atoms in total. The molecule has 258 valence electrons. The Hall–Kier alpha value is -5.98. The fourth-order valence-electron chi connectivity index (χ4n) is 5.98. The van der Waals surface area contributed by atoms with E-state index in [2.05, 4.69) is 20.8 Å². The van der Waals surface area contributed by atoms with Crippen LogP contribution in [0.5, 0.6) is 17.2 Å². The first-order valence-corrected chi connectivity index (χ1v) is 16.5. The maximum Gasteiger partial charge on any atom is 0.255 e. The summed E-state index contributed by atoms with van der Waals surface area (Å²) in [7, 11) is 0. The van der Waals surface area contributed by atoms with Crippen molar-refractivity contribution < 1.29 is 33.8 Å². The Morgan fingerprint density at radius 1 is 0.920 bits per heavy atom. The molecule has 1 saturated heterocycles. The molecule has 4 amide bonds. The zero-order valence-corrected chi connectivity index (χ0v) is 27.4. The van der Waals surface area contributed by atoms with Gasteiger partial charge in [-0.05, 0) is 54.7 Å². The van der Waals surface area contributed by atoms with Gasteiger partial charge >= 0.3 is 0 Å². The minimum atomic E-state index is -0.680. The molecule has 1 aromatic heterocycles. The third-order valence-corrected chi connectivity index (χ3v) is 8.72. The lowest BCUT2D eigenvalue weighted by atomic mass is 10.0. The highest BCUT2D eigenvalue weighted by atomic mass is 16.5. The summed E-state index contributed by atoms with van der Waals surface area (Å²) in [4.78, 5) is 50.9. The van der Waals surface area contributed by atoms with Crippen LogP contribution in [0, 0.1) is 0 Å². The van der Waals surface area contributed by atoms with Gasteiger partial charge in [-0.15, -0.1) is 10.2 Å². The monoisotopic (exact) mass is 678 g/mol. The number of nitrogens with one attached hydrogen (secondary N) is 2. The molecule has 5 N–H and O–H groups in total. The molecular weight excluding hydrogens is 640 g/mol. The van der Waals surface area contributed by atoms with E-state index in [0.29, 0.717) is 80.2 Å². The lowest BCUT2D eigenvalue weighted by Crippen LogP contribution is -2.52. The highest BCUT2D eigenvalue weighted by Crippen LogP contribution is 2.34. The quantitative estimate of drug-likeness (QED) is 0.113. The SMILES string of the molecule is Nc1nnc(-c2ccccc2O)cc1OCCc1ccc(CNC(=O)CCCCOc2cccc3c2CN(C2CCC(=O)NC2=O)C3=O)cc1. The maximum absolute atomic E-state index is 13.0. The summed E-state index contributed by atoms with van der Waals surface area (Å²) in [6.07, 6.45) is 2.76.